The van der Waals surface area contributed by atoms with E-state index in [0.717, 1.165) is 5.69 Å². The number of rotatable bonds is 4. The van der Waals surface area contributed by atoms with E-state index in [1.165, 1.54) is 0 Å². The second-order valence-electron chi connectivity index (χ2n) is 4.07. The summed E-state index contributed by atoms with van der Waals surface area (Å²) in [5, 5.41) is 3.36. The lowest BCUT2D eigenvalue weighted by atomic mass is 10.3. The summed E-state index contributed by atoms with van der Waals surface area (Å²) < 4.78 is 5.53. The highest BCUT2D eigenvalue weighted by Crippen LogP contribution is 2.18. The molecule has 0 radical (unpaired) electrons. The largest absolute Gasteiger partial charge is 0.481 e. The van der Waals surface area contributed by atoms with E-state index in [4.69, 9.17) is 16.3 Å². The summed E-state index contributed by atoms with van der Waals surface area (Å²) in [7, 11) is 0. The van der Waals surface area contributed by atoms with Gasteiger partial charge in [0.15, 0.2) is 6.10 Å². The molecule has 0 fully saturated rings. The molecule has 2 rings (SSSR count). The predicted octanol–water partition coefficient (Wildman–Crippen LogP) is 3.75. The molecule has 3 nitrogen and oxygen atoms in total. The van der Waals surface area contributed by atoms with Crippen LogP contribution in [0.1, 0.15) is 6.92 Å². The molecule has 0 saturated heterocycles. The van der Waals surface area contributed by atoms with Gasteiger partial charge < -0.3 is 10.1 Å². The number of anilines is 1. The summed E-state index contributed by atoms with van der Waals surface area (Å²) in [5.41, 5.74) is 0.744. The zero-order valence-corrected chi connectivity index (χ0v) is 11.2. The minimum atomic E-state index is -0.598. The summed E-state index contributed by atoms with van der Waals surface area (Å²) in [6, 6.07) is 16.2. The Bertz CT molecular complexity index is 557. The maximum Gasteiger partial charge on any atom is 0.265 e. The number of para-hydroxylation sites is 1. The molecule has 98 valence electrons. The molecule has 0 bridgehead atoms. The van der Waals surface area contributed by atoms with Crippen LogP contribution in [0.15, 0.2) is 54.6 Å². The minimum absolute atomic E-state index is 0.203. The molecule has 1 atom stereocenters. The van der Waals surface area contributed by atoms with Crippen LogP contribution in [0.2, 0.25) is 5.02 Å². The van der Waals surface area contributed by atoms with Crippen LogP contribution < -0.4 is 10.1 Å². The number of nitrogens with one attached hydrogen (secondary N) is 1. The first-order valence-corrected chi connectivity index (χ1v) is 6.31. The minimum Gasteiger partial charge on any atom is -0.481 e. The van der Waals surface area contributed by atoms with Crippen molar-refractivity contribution in [3.8, 4) is 5.75 Å². The summed E-state index contributed by atoms with van der Waals surface area (Å²) in [6.45, 7) is 1.69. The van der Waals surface area contributed by atoms with Crippen LogP contribution in [0.5, 0.6) is 5.75 Å². The van der Waals surface area contributed by atoms with Crippen molar-refractivity contribution in [2.45, 2.75) is 13.0 Å². The third kappa shape index (κ3) is 4.00. The fourth-order valence-corrected chi connectivity index (χ4v) is 1.74. The number of carbonyl (C=O) groups excluding carboxylic acids is 1. The van der Waals surface area contributed by atoms with Gasteiger partial charge in [-0.2, -0.15) is 0 Å². The third-order valence-electron chi connectivity index (χ3n) is 2.52. The van der Waals surface area contributed by atoms with Gasteiger partial charge in [0.2, 0.25) is 0 Å². The molecule has 2 aromatic rings. The van der Waals surface area contributed by atoms with Gasteiger partial charge >= 0.3 is 0 Å². The van der Waals surface area contributed by atoms with Crippen molar-refractivity contribution in [2.24, 2.45) is 0 Å². The second kappa shape index (κ2) is 6.25. The quantitative estimate of drug-likeness (QED) is 0.923. The normalized spacial score (nSPS) is 11.7. The average molecular weight is 276 g/mol. The molecule has 0 heterocycles. The summed E-state index contributed by atoms with van der Waals surface area (Å²) in [6.07, 6.45) is -0.598. The van der Waals surface area contributed by atoms with Gasteiger partial charge in [-0.15, -0.1) is 0 Å². The molecule has 1 N–H and O–H groups in total. The van der Waals surface area contributed by atoms with E-state index in [9.17, 15) is 4.79 Å². The Balaban J connectivity index is 1.96. The molecule has 0 aliphatic heterocycles. The summed E-state index contributed by atoms with van der Waals surface area (Å²) in [4.78, 5) is 11.9. The highest BCUT2D eigenvalue weighted by atomic mass is 35.5. The number of hydrogen-bond donors (Lipinski definition) is 1. The van der Waals surface area contributed by atoms with Crippen LogP contribution in [0.25, 0.3) is 0 Å². The van der Waals surface area contributed by atoms with Crippen LogP contribution in [0.3, 0.4) is 0 Å². The molecule has 0 saturated carbocycles. The van der Waals surface area contributed by atoms with Crippen LogP contribution in [0.4, 0.5) is 5.69 Å². The summed E-state index contributed by atoms with van der Waals surface area (Å²) >= 11 is 5.86. The lowest BCUT2D eigenvalue weighted by Gasteiger charge is -2.14. The SMILES string of the molecule is CC(Oc1cccc(Cl)c1)C(=O)Nc1ccccc1. The highest BCUT2D eigenvalue weighted by molar-refractivity contribution is 6.30. The number of ether oxygens (including phenoxy) is 1. The first kappa shape index (κ1) is 13.4. The van der Waals surface area contributed by atoms with Crippen molar-refractivity contribution < 1.29 is 9.53 Å². The molecule has 4 heteroatoms. The third-order valence-corrected chi connectivity index (χ3v) is 2.75. The van der Waals surface area contributed by atoms with Gasteiger partial charge in [0.1, 0.15) is 5.75 Å². The maximum atomic E-state index is 11.9. The van der Waals surface area contributed by atoms with E-state index in [0.29, 0.717) is 10.8 Å². The van der Waals surface area contributed by atoms with E-state index < -0.39 is 6.10 Å². The molecule has 0 aliphatic rings. The van der Waals surface area contributed by atoms with Crippen LogP contribution in [-0.2, 0) is 4.79 Å². The first-order chi connectivity index (χ1) is 9.15. The fraction of sp³-hybridized carbons (Fsp3) is 0.133. The van der Waals surface area contributed by atoms with Crippen LogP contribution >= 0.6 is 11.6 Å². The molecular weight excluding hydrogens is 262 g/mol. The number of carbonyl (C=O) groups is 1. The van der Waals surface area contributed by atoms with Crippen molar-refractivity contribution in [3.63, 3.8) is 0 Å². The Morgan fingerprint density at radius 1 is 1.16 bits per heavy atom. The Morgan fingerprint density at radius 3 is 2.58 bits per heavy atom. The fourth-order valence-electron chi connectivity index (χ4n) is 1.56. The maximum absolute atomic E-state index is 11.9. The van der Waals surface area contributed by atoms with Gasteiger partial charge in [-0.25, -0.2) is 0 Å². The lowest BCUT2D eigenvalue weighted by Crippen LogP contribution is -2.30. The van der Waals surface area contributed by atoms with E-state index in [1.54, 1.807) is 31.2 Å². The van der Waals surface area contributed by atoms with E-state index in [1.807, 2.05) is 30.3 Å². The smallest absolute Gasteiger partial charge is 0.265 e. The monoisotopic (exact) mass is 275 g/mol. The molecule has 2 aromatic carbocycles. The predicted molar refractivity (Wildman–Crippen MR) is 76.6 cm³/mol. The van der Waals surface area contributed by atoms with Crippen molar-refractivity contribution in [3.05, 3.63) is 59.6 Å². The van der Waals surface area contributed by atoms with Crippen molar-refractivity contribution in [1.82, 2.24) is 0 Å². The zero-order valence-electron chi connectivity index (χ0n) is 10.5. The highest BCUT2D eigenvalue weighted by Gasteiger charge is 2.14. The van der Waals surface area contributed by atoms with E-state index >= 15 is 0 Å². The zero-order chi connectivity index (χ0) is 13.7. The van der Waals surface area contributed by atoms with Crippen LogP contribution in [0, 0.1) is 0 Å². The number of halogens is 1. The van der Waals surface area contributed by atoms with Gasteiger partial charge in [-0.3, -0.25) is 4.79 Å². The molecule has 1 unspecified atom stereocenters. The second-order valence-corrected chi connectivity index (χ2v) is 4.51. The number of benzene rings is 2. The first-order valence-electron chi connectivity index (χ1n) is 5.93. The Kier molecular flexibility index (Phi) is 4.42. The number of amides is 1. The van der Waals surface area contributed by atoms with E-state index in [2.05, 4.69) is 5.32 Å². The average Bonchev–Trinajstić information content (AvgIpc) is 2.40. The Labute approximate surface area is 117 Å². The van der Waals surface area contributed by atoms with Gasteiger partial charge in [-0.1, -0.05) is 35.9 Å². The van der Waals surface area contributed by atoms with Gasteiger partial charge in [0.25, 0.3) is 5.91 Å². The van der Waals surface area contributed by atoms with Gasteiger partial charge in [0.05, 0.1) is 0 Å². The van der Waals surface area contributed by atoms with Crippen LogP contribution in [-0.4, -0.2) is 12.0 Å². The molecule has 1 amide bonds. The standard InChI is InChI=1S/C15H14ClNO2/c1-11(19-14-9-5-6-12(16)10-14)15(18)17-13-7-3-2-4-8-13/h2-11H,1H3,(H,17,18). The Hall–Kier alpha value is -2.00. The molecule has 0 aliphatic carbocycles. The van der Waals surface area contributed by atoms with Crippen molar-refractivity contribution in [1.29, 1.82) is 0 Å². The molecule has 0 aromatic heterocycles. The number of hydrogen-bond acceptors (Lipinski definition) is 2. The van der Waals surface area contributed by atoms with Crippen molar-refractivity contribution >= 4 is 23.2 Å². The van der Waals surface area contributed by atoms with Gasteiger partial charge in [-0.05, 0) is 37.3 Å². The Morgan fingerprint density at radius 2 is 1.89 bits per heavy atom. The molecule has 19 heavy (non-hydrogen) atoms. The lowest BCUT2D eigenvalue weighted by molar-refractivity contribution is -0.122. The molecule has 0 spiro atoms. The molecular formula is C15H14ClNO2. The van der Waals surface area contributed by atoms with Gasteiger partial charge in [0, 0.05) is 10.7 Å². The van der Waals surface area contributed by atoms with Crippen molar-refractivity contribution in [2.75, 3.05) is 5.32 Å². The topological polar surface area (TPSA) is 38.3 Å². The van der Waals surface area contributed by atoms with E-state index in [-0.39, 0.29) is 5.91 Å². The summed E-state index contributed by atoms with van der Waals surface area (Å²) in [5.74, 6) is 0.370.